The summed E-state index contributed by atoms with van der Waals surface area (Å²) in [5, 5.41) is 11.1. The molecule has 0 saturated carbocycles. The van der Waals surface area contributed by atoms with Crippen LogP contribution in [0.3, 0.4) is 0 Å². The average Bonchev–Trinajstić information content (AvgIpc) is 3.37. The summed E-state index contributed by atoms with van der Waals surface area (Å²) in [5.74, 6) is 1.09. The fourth-order valence-corrected chi connectivity index (χ4v) is 4.46. The highest BCUT2D eigenvalue weighted by Crippen LogP contribution is 2.34. The van der Waals surface area contributed by atoms with E-state index in [1.807, 2.05) is 36.2 Å². The second-order valence-corrected chi connectivity index (χ2v) is 8.92. The molecular formula is C22H27N9O2. The average molecular weight is 450 g/mol. The van der Waals surface area contributed by atoms with E-state index in [-0.39, 0.29) is 18.3 Å². The SMILES string of the molecule is CN(CC(=O)N1CC[C@@](C)(O)[C@H](n2cnc3c(N)ncnc32)C1)Cc1nc2ccccc2[nH]1. The van der Waals surface area contributed by atoms with Crippen LogP contribution in [0, 0.1) is 0 Å². The first-order valence-electron chi connectivity index (χ1n) is 10.9. The maximum atomic E-state index is 13.1. The number of hydrogen-bond acceptors (Lipinski definition) is 8. The van der Waals surface area contributed by atoms with Crippen molar-refractivity contribution in [2.45, 2.75) is 31.5 Å². The highest BCUT2D eigenvalue weighted by molar-refractivity contribution is 5.81. The van der Waals surface area contributed by atoms with Gasteiger partial charge in [-0.25, -0.2) is 19.9 Å². The van der Waals surface area contributed by atoms with Crippen molar-refractivity contribution < 1.29 is 9.90 Å². The summed E-state index contributed by atoms with van der Waals surface area (Å²) in [5.41, 5.74) is 7.81. The fourth-order valence-electron chi connectivity index (χ4n) is 4.46. The van der Waals surface area contributed by atoms with Gasteiger partial charge in [-0.1, -0.05) is 12.1 Å². The maximum absolute atomic E-state index is 13.1. The van der Waals surface area contributed by atoms with Crippen molar-refractivity contribution in [1.82, 2.24) is 39.3 Å². The summed E-state index contributed by atoms with van der Waals surface area (Å²) in [7, 11) is 1.89. The van der Waals surface area contributed by atoms with Gasteiger partial charge in [-0.15, -0.1) is 0 Å². The van der Waals surface area contributed by atoms with Gasteiger partial charge in [0.15, 0.2) is 11.5 Å². The molecule has 1 fully saturated rings. The van der Waals surface area contributed by atoms with Gasteiger partial charge >= 0.3 is 0 Å². The first kappa shape index (κ1) is 21.3. The summed E-state index contributed by atoms with van der Waals surface area (Å²) < 4.78 is 1.80. The van der Waals surface area contributed by atoms with Gasteiger partial charge in [-0.3, -0.25) is 9.69 Å². The number of hydrogen-bond donors (Lipinski definition) is 3. The lowest BCUT2D eigenvalue weighted by atomic mass is 9.88. The van der Waals surface area contributed by atoms with E-state index < -0.39 is 11.6 Å². The number of para-hydroxylation sites is 2. The predicted molar refractivity (Wildman–Crippen MR) is 123 cm³/mol. The zero-order valence-corrected chi connectivity index (χ0v) is 18.6. The number of aromatic amines is 1. The Bertz CT molecular complexity index is 1280. The molecule has 4 N–H and O–H groups in total. The number of aliphatic hydroxyl groups is 1. The summed E-state index contributed by atoms with van der Waals surface area (Å²) in [6.45, 7) is 3.37. The molecule has 11 nitrogen and oxygen atoms in total. The van der Waals surface area contributed by atoms with Crippen LogP contribution in [0.2, 0.25) is 0 Å². The van der Waals surface area contributed by atoms with Gasteiger partial charge in [-0.05, 0) is 32.5 Å². The van der Waals surface area contributed by atoms with E-state index in [1.54, 1.807) is 22.7 Å². The van der Waals surface area contributed by atoms with Gasteiger partial charge in [0.2, 0.25) is 5.91 Å². The Morgan fingerprint density at radius 1 is 1.33 bits per heavy atom. The molecule has 5 rings (SSSR count). The van der Waals surface area contributed by atoms with Crippen LogP contribution in [-0.4, -0.2) is 82.6 Å². The Morgan fingerprint density at radius 3 is 2.97 bits per heavy atom. The molecule has 1 saturated heterocycles. The van der Waals surface area contributed by atoms with E-state index in [0.717, 1.165) is 16.9 Å². The number of aromatic nitrogens is 6. The first-order valence-corrected chi connectivity index (χ1v) is 10.9. The lowest BCUT2D eigenvalue weighted by Gasteiger charge is -2.43. The Labute approximate surface area is 190 Å². The predicted octanol–water partition coefficient (Wildman–Crippen LogP) is 0.941. The Morgan fingerprint density at radius 2 is 2.15 bits per heavy atom. The molecule has 1 amide bonds. The standard InChI is InChI=1S/C22H27N9O2/c1-22(33)7-8-30(9-16(22)31-13-26-19-20(23)24-12-25-21(19)31)18(32)11-29(2)10-17-27-14-5-3-4-6-15(14)28-17/h3-6,12-13,16,33H,7-11H2,1-2H3,(H,27,28)(H2,23,24,25)/t16-,22-/m1/s1. The van der Waals surface area contributed by atoms with Gasteiger partial charge in [0, 0.05) is 13.1 Å². The van der Waals surface area contributed by atoms with E-state index in [0.29, 0.717) is 37.2 Å². The molecule has 3 aromatic heterocycles. The van der Waals surface area contributed by atoms with Gasteiger partial charge in [0.25, 0.3) is 0 Å². The van der Waals surface area contributed by atoms with E-state index in [2.05, 4.69) is 24.9 Å². The minimum absolute atomic E-state index is 0.00679. The quantitative estimate of drug-likeness (QED) is 0.409. The number of nitrogens with zero attached hydrogens (tertiary/aromatic N) is 7. The topological polar surface area (TPSA) is 142 Å². The molecule has 4 heterocycles. The fraction of sp³-hybridized carbons (Fsp3) is 0.409. The third kappa shape index (κ3) is 4.00. The molecule has 2 atom stereocenters. The molecule has 33 heavy (non-hydrogen) atoms. The zero-order valence-electron chi connectivity index (χ0n) is 18.6. The van der Waals surface area contributed by atoms with Crippen LogP contribution >= 0.6 is 0 Å². The van der Waals surface area contributed by atoms with Crippen LogP contribution in [0.4, 0.5) is 5.82 Å². The first-order chi connectivity index (χ1) is 15.8. The van der Waals surface area contributed by atoms with Gasteiger partial charge in [0.05, 0.1) is 42.1 Å². The van der Waals surface area contributed by atoms with Crippen molar-refractivity contribution in [2.75, 3.05) is 32.4 Å². The number of carbonyl (C=O) groups excluding carboxylic acids is 1. The van der Waals surface area contributed by atoms with Crippen LogP contribution in [0.1, 0.15) is 25.2 Å². The Hall–Kier alpha value is -3.57. The van der Waals surface area contributed by atoms with E-state index >= 15 is 0 Å². The number of rotatable bonds is 5. The van der Waals surface area contributed by atoms with Crippen molar-refractivity contribution >= 4 is 33.9 Å². The zero-order chi connectivity index (χ0) is 23.2. The van der Waals surface area contributed by atoms with Crippen LogP contribution in [0.15, 0.2) is 36.9 Å². The number of nitrogens with two attached hydrogens (primary N) is 1. The third-order valence-electron chi connectivity index (χ3n) is 6.34. The smallest absolute Gasteiger partial charge is 0.236 e. The molecule has 1 aliphatic heterocycles. The molecule has 0 unspecified atom stereocenters. The normalized spacial score (nSPS) is 21.3. The molecule has 0 radical (unpaired) electrons. The number of imidazole rings is 2. The summed E-state index contributed by atoms with van der Waals surface area (Å²) in [6, 6.07) is 7.44. The van der Waals surface area contributed by atoms with Crippen molar-refractivity contribution in [3.05, 3.63) is 42.7 Å². The number of benzene rings is 1. The van der Waals surface area contributed by atoms with Crippen LogP contribution in [0.25, 0.3) is 22.2 Å². The Kier molecular flexibility index (Phi) is 5.22. The molecule has 11 heteroatoms. The summed E-state index contributed by atoms with van der Waals surface area (Å²) in [6.07, 6.45) is 3.43. The highest BCUT2D eigenvalue weighted by atomic mass is 16.3. The maximum Gasteiger partial charge on any atom is 0.236 e. The van der Waals surface area contributed by atoms with Crippen LogP contribution < -0.4 is 5.73 Å². The largest absolute Gasteiger partial charge is 0.388 e. The monoisotopic (exact) mass is 449 g/mol. The number of carbonyl (C=O) groups is 1. The number of nitrogen functional groups attached to an aromatic ring is 1. The second kappa shape index (κ2) is 8.09. The van der Waals surface area contributed by atoms with Gasteiger partial charge in [-0.2, -0.15) is 0 Å². The van der Waals surface area contributed by atoms with Crippen LogP contribution in [0.5, 0.6) is 0 Å². The van der Waals surface area contributed by atoms with Crippen molar-refractivity contribution in [1.29, 1.82) is 0 Å². The minimum Gasteiger partial charge on any atom is -0.388 e. The molecule has 1 aliphatic rings. The molecule has 4 aromatic rings. The number of likely N-dealkylation sites (N-methyl/N-ethyl adjacent to an activating group) is 1. The molecule has 0 spiro atoms. The van der Waals surface area contributed by atoms with Crippen LogP contribution in [-0.2, 0) is 11.3 Å². The number of H-pyrrole nitrogens is 1. The second-order valence-electron chi connectivity index (χ2n) is 8.92. The third-order valence-corrected chi connectivity index (χ3v) is 6.34. The number of piperidine rings is 1. The van der Waals surface area contributed by atoms with Crippen molar-refractivity contribution in [2.24, 2.45) is 0 Å². The van der Waals surface area contributed by atoms with E-state index in [9.17, 15) is 9.90 Å². The molecule has 172 valence electrons. The summed E-state index contributed by atoms with van der Waals surface area (Å²) >= 11 is 0. The number of nitrogens with one attached hydrogen (secondary N) is 1. The lowest BCUT2D eigenvalue weighted by Crippen LogP contribution is -2.54. The van der Waals surface area contributed by atoms with E-state index in [1.165, 1.54) is 6.33 Å². The van der Waals surface area contributed by atoms with Crippen molar-refractivity contribution in [3.8, 4) is 0 Å². The molecule has 0 bridgehead atoms. The molecular weight excluding hydrogens is 422 g/mol. The number of likely N-dealkylation sites (tertiary alicyclic amines) is 1. The number of fused-ring (bicyclic) bond motifs is 2. The van der Waals surface area contributed by atoms with Crippen molar-refractivity contribution in [3.63, 3.8) is 0 Å². The number of amides is 1. The molecule has 0 aliphatic carbocycles. The van der Waals surface area contributed by atoms with Gasteiger partial charge in [0.1, 0.15) is 17.7 Å². The minimum atomic E-state index is -1.02. The Balaban J connectivity index is 1.29. The number of anilines is 1. The van der Waals surface area contributed by atoms with Gasteiger partial charge < -0.3 is 25.3 Å². The highest BCUT2D eigenvalue weighted by Gasteiger charge is 2.41. The summed E-state index contributed by atoms with van der Waals surface area (Å²) in [4.78, 5) is 37.3. The lowest BCUT2D eigenvalue weighted by molar-refractivity contribution is -0.138. The molecule has 1 aromatic carbocycles. The van der Waals surface area contributed by atoms with E-state index in [4.69, 9.17) is 5.73 Å².